The van der Waals surface area contributed by atoms with Crippen LogP contribution in [0.1, 0.15) is 17.7 Å². The van der Waals surface area contributed by atoms with E-state index in [2.05, 4.69) is 15.0 Å². The Kier molecular flexibility index (Phi) is 3.03. The molecule has 88 valence electrons. The number of alkyl halides is 2. The number of aryl methyl sites for hydroxylation is 1. The van der Waals surface area contributed by atoms with Gasteiger partial charge in [0.25, 0.3) is 6.43 Å². The first-order chi connectivity index (χ1) is 8.08. The Bertz CT molecular complexity index is 543. The van der Waals surface area contributed by atoms with E-state index in [1.54, 1.807) is 13.0 Å². The van der Waals surface area contributed by atoms with Crippen LogP contribution in [0.4, 0.5) is 13.2 Å². The molecule has 0 amide bonds. The fraction of sp³-hybridized carbons (Fsp3) is 0.182. The van der Waals surface area contributed by atoms with E-state index in [0.717, 1.165) is 12.3 Å². The Labute approximate surface area is 95.4 Å². The van der Waals surface area contributed by atoms with E-state index in [0.29, 0.717) is 11.4 Å². The zero-order valence-corrected chi connectivity index (χ0v) is 8.86. The number of nitrogens with zero attached hydrogens (tertiary/aromatic N) is 3. The highest BCUT2D eigenvalue weighted by atomic mass is 19.3. The monoisotopic (exact) mass is 239 g/mol. The number of hydrogen-bond acceptors (Lipinski definition) is 3. The third-order valence-electron chi connectivity index (χ3n) is 2.19. The third kappa shape index (κ3) is 2.41. The van der Waals surface area contributed by atoms with Gasteiger partial charge in [-0.05, 0) is 19.1 Å². The number of hydrogen-bond donors (Lipinski definition) is 0. The SMILES string of the molecule is Cc1cc(-c2cc(C(F)F)c(F)cn2)ncn1. The van der Waals surface area contributed by atoms with Gasteiger partial charge in [-0.25, -0.2) is 23.1 Å². The first-order valence-corrected chi connectivity index (χ1v) is 4.80. The van der Waals surface area contributed by atoms with E-state index in [-0.39, 0.29) is 5.69 Å². The second-order valence-corrected chi connectivity index (χ2v) is 3.44. The Morgan fingerprint density at radius 3 is 2.41 bits per heavy atom. The van der Waals surface area contributed by atoms with Crippen molar-refractivity contribution in [2.24, 2.45) is 0 Å². The molecular weight excluding hydrogens is 231 g/mol. The molecule has 0 saturated heterocycles. The average Bonchev–Trinajstić information content (AvgIpc) is 2.29. The van der Waals surface area contributed by atoms with Crippen LogP contribution in [0.3, 0.4) is 0 Å². The fourth-order valence-corrected chi connectivity index (χ4v) is 1.36. The van der Waals surface area contributed by atoms with E-state index in [1.807, 2.05) is 0 Å². The Balaban J connectivity index is 2.50. The zero-order chi connectivity index (χ0) is 12.4. The van der Waals surface area contributed by atoms with Gasteiger partial charge < -0.3 is 0 Å². The number of halogens is 3. The van der Waals surface area contributed by atoms with Crippen molar-refractivity contribution in [3.8, 4) is 11.4 Å². The van der Waals surface area contributed by atoms with Crippen LogP contribution in [0.5, 0.6) is 0 Å². The van der Waals surface area contributed by atoms with Crippen LogP contribution >= 0.6 is 0 Å². The first-order valence-electron chi connectivity index (χ1n) is 4.80. The molecule has 0 aliphatic carbocycles. The van der Waals surface area contributed by atoms with Crippen molar-refractivity contribution in [1.29, 1.82) is 0 Å². The molecule has 2 heterocycles. The van der Waals surface area contributed by atoms with Gasteiger partial charge in [-0.15, -0.1) is 0 Å². The zero-order valence-electron chi connectivity index (χ0n) is 8.86. The molecule has 17 heavy (non-hydrogen) atoms. The maximum atomic E-state index is 13.0. The highest BCUT2D eigenvalue weighted by Gasteiger charge is 2.15. The van der Waals surface area contributed by atoms with Gasteiger partial charge in [0.2, 0.25) is 0 Å². The predicted molar refractivity (Wildman–Crippen MR) is 54.9 cm³/mol. The van der Waals surface area contributed by atoms with Gasteiger partial charge >= 0.3 is 0 Å². The summed E-state index contributed by atoms with van der Waals surface area (Å²) in [7, 11) is 0. The van der Waals surface area contributed by atoms with Gasteiger partial charge in [-0.2, -0.15) is 0 Å². The van der Waals surface area contributed by atoms with Crippen molar-refractivity contribution < 1.29 is 13.2 Å². The van der Waals surface area contributed by atoms with Crippen molar-refractivity contribution >= 4 is 0 Å². The number of aromatic nitrogens is 3. The minimum atomic E-state index is -2.88. The van der Waals surface area contributed by atoms with Gasteiger partial charge in [0.05, 0.1) is 23.1 Å². The molecule has 0 bridgehead atoms. The Hall–Kier alpha value is -1.98. The van der Waals surface area contributed by atoms with Crippen LogP contribution < -0.4 is 0 Å². The second kappa shape index (κ2) is 4.48. The van der Waals surface area contributed by atoms with Gasteiger partial charge in [0, 0.05) is 5.69 Å². The Morgan fingerprint density at radius 1 is 1.06 bits per heavy atom. The molecule has 0 aromatic carbocycles. The summed E-state index contributed by atoms with van der Waals surface area (Å²) in [5.41, 5.74) is 0.595. The van der Waals surface area contributed by atoms with E-state index in [9.17, 15) is 13.2 Å². The van der Waals surface area contributed by atoms with Gasteiger partial charge in [-0.3, -0.25) is 4.98 Å². The van der Waals surface area contributed by atoms with E-state index < -0.39 is 17.8 Å². The standard InChI is InChI=1S/C11H8F3N3/c1-6-2-9(17-5-16-6)10-3-7(11(13)14)8(12)4-15-10/h2-5,11H,1H3. The molecule has 0 aliphatic heterocycles. The largest absolute Gasteiger partial charge is 0.266 e. The van der Waals surface area contributed by atoms with Crippen LogP contribution in [0.15, 0.2) is 24.7 Å². The molecule has 2 rings (SSSR count). The molecule has 0 unspecified atom stereocenters. The van der Waals surface area contributed by atoms with Crippen molar-refractivity contribution in [1.82, 2.24) is 15.0 Å². The molecule has 2 aromatic heterocycles. The lowest BCUT2D eigenvalue weighted by Gasteiger charge is -2.05. The molecule has 0 atom stereocenters. The highest BCUT2D eigenvalue weighted by molar-refractivity contribution is 5.55. The maximum Gasteiger partial charge on any atom is 0.266 e. The minimum absolute atomic E-state index is 0.201. The van der Waals surface area contributed by atoms with Crippen molar-refractivity contribution in [2.45, 2.75) is 13.3 Å². The van der Waals surface area contributed by atoms with E-state index in [1.165, 1.54) is 6.33 Å². The van der Waals surface area contributed by atoms with Gasteiger partial charge in [-0.1, -0.05) is 0 Å². The van der Waals surface area contributed by atoms with Crippen molar-refractivity contribution in [3.05, 3.63) is 41.7 Å². The second-order valence-electron chi connectivity index (χ2n) is 3.44. The summed E-state index contributed by atoms with van der Waals surface area (Å²) in [4.78, 5) is 11.5. The smallest absolute Gasteiger partial charge is 0.252 e. The van der Waals surface area contributed by atoms with Crippen LogP contribution in [0.2, 0.25) is 0 Å². The van der Waals surface area contributed by atoms with E-state index >= 15 is 0 Å². The number of pyridine rings is 1. The summed E-state index contributed by atoms with van der Waals surface area (Å²) >= 11 is 0. The maximum absolute atomic E-state index is 13.0. The molecule has 0 saturated carbocycles. The summed E-state index contributed by atoms with van der Waals surface area (Å²) in [6.07, 6.45) is -0.800. The van der Waals surface area contributed by atoms with Gasteiger partial charge in [0.15, 0.2) is 0 Å². The number of rotatable bonds is 2. The lowest BCUT2D eigenvalue weighted by atomic mass is 10.2. The van der Waals surface area contributed by atoms with Gasteiger partial charge in [0.1, 0.15) is 12.1 Å². The summed E-state index contributed by atoms with van der Waals surface area (Å²) in [6, 6.07) is 2.59. The molecule has 0 N–H and O–H groups in total. The normalized spacial score (nSPS) is 10.9. The van der Waals surface area contributed by atoms with Crippen LogP contribution in [0.25, 0.3) is 11.4 Å². The average molecular weight is 239 g/mol. The quantitative estimate of drug-likeness (QED) is 0.808. The topological polar surface area (TPSA) is 38.7 Å². The molecule has 0 spiro atoms. The predicted octanol–water partition coefficient (Wildman–Crippen LogP) is 2.92. The summed E-state index contributed by atoms with van der Waals surface area (Å²) in [5, 5.41) is 0. The minimum Gasteiger partial charge on any atom is -0.252 e. The molecule has 3 nitrogen and oxygen atoms in total. The molecular formula is C11H8F3N3. The Morgan fingerprint density at radius 2 is 1.76 bits per heavy atom. The van der Waals surface area contributed by atoms with Crippen LogP contribution in [-0.2, 0) is 0 Å². The van der Waals surface area contributed by atoms with Crippen molar-refractivity contribution in [2.75, 3.05) is 0 Å². The van der Waals surface area contributed by atoms with E-state index in [4.69, 9.17) is 0 Å². The molecule has 0 radical (unpaired) electrons. The molecule has 2 aromatic rings. The molecule has 0 aliphatic rings. The molecule has 0 fully saturated rings. The highest BCUT2D eigenvalue weighted by Crippen LogP contribution is 2.25. The van der Waals surface area contributed by atoms with Crippen LogP contribution in [-0.4, -0.2) is 15.0 Å². The van der Waals surface area contributed by atoms with Crippen molar-refractivity contribution in [3.63, 3.8) is 0 Å². The van der Waals surface area contributed by atoms with Crippen LogP contribution in [0, 0.1) is 12.7 Å². The third-order valence-corrected chi connectivity index (χ3v) is 2.19. The summed E-state index contributed by atoms with van der Waals surface area (Å²) < 4.78 is 38.0. The fourth-order valence-electron chi connectivity index (χ4n) is 1.36. The molecule has 6 heteroatoms. The lowest BCUT2D eigenvalue weighted by Crippen LogP contribution is -1.96. The summed E-state index contributed by atoms with van der Waals surface area (Å²) in [5.74, 6) is -1.02. The lowest BCUT2D eigenvalue weighted by molar-refractivity contribution is 0.146. The first kappa shape index (κ1) is 11.5. The summed E-state index contributed by atoms with van der Waals surface area (Å²) in [6.45, 7) is 1.74.